The molecule has 0 atom stereocenters. The van der Waals surface area contributed by atoms with Gasteiger partial charge in [-0.05, 0) is 33.9 Å². The first-order valence-electron chi connectivity index (χ1n) is 10.0. The van der Waals surface area contributed by atoms with Crippen LogP contribution in [0, 0.1) is 6.92 Å². The molecule has 154 valence electrons. The minimum atomic E-state index is -0.166. The van der Waals surface area contributed by atoms with Crippen molar-refractivity contribution in [2.24, 2.45) is 4.99 Å². The summed E-state index contributed by atoms with van der Waals surface area (Å²) in [7, 11) is 0. The molecule has 1 aromatic heterocycles. The monoisotopic (exact) mass is 563 g/mol. The second kappa shape index (κ2) is 10.6. The van der Waals surface area contributed by atoms with Crippen molar-refractivity contribution in [2.45, 2.75) is 33.2 Å². The van der Waals surface area contributed by atoms with Gasteiger partial charge in [0.25, 0.3) is 0 Å². The van der Waals surface area contributed by atoms with Gasteiger partial charge in [0.15, 0.2) is 0 Å². The van der Waals surface area contributed by atoms with Crippen LogP contribution >= 0.6 is 0 Å². The molecule has 0 saturated carbocycles. The fourth-order valence-corrected chi connectivity index (χ4v) is 3.21. The van der Waals surface area contributed by atoms with Gasteiger partial charge in [0.1, 0.15) is 0 Å². The summed E-state index contributed by atoms with van der Waals surface area (Å²) in [6.07, 6.45) is 0. The van der Waals surface area contributed by atoms with E-state index in [1.54, 1.807) is 0 Å². The minimum absolute atomic E-state index is 0. The van der Waals surface area contributed by atoms with Crippen LogP contribution in [0.5, 0.6) is 0 Å². The predicted octanol–water partition coefficient (Wildman–Crippen LogP) is 7.06. The molecule has 0 spiro atoms. The van der Waals surface area contributed by atoms with Crippen LogP contribution in [0.1, 0.15) is 33.3 Å². The summed E-state index contributed by atoms with van der Waals surface area (Å²) in [5.74, 6) is 0.785. The number of rotatable bonds is 1. The number of aliphatic imine (C=N–C) groups is 1. The Kier molecular flexibility index (Phi) is 8.48. The van der Waals surface area contributed by atoms with Crippen LogP contribution in [0.3, 0.4) is 0 Å². The van der Waals surface area contributed by atoms with Crippen molar-refractivity contribution in [3.05, 3.63) is 96.7 Å². The number of nitrogens with zero attached hydrogens (tertiary/aromatic N) is 3. The van der Waals surface area contributed by atoms with Crippen molar-refractivity contribution in [3.63, 3.8) is 0 Å². The standard InChI is InChI=1S/C19H22N3.C7H7.Hf/c1-5-20-18(21-19(2,3)4)22-16-12-8-6-10-14(16)15-11-7-9-13-17(15)22;1-7-5-3-2-4-6-7;/h6-13H,5H2,1-4H3;2-6H,1H2;/q2*-1;. The molecular formula is C26H29HfN3-2. The molecule has 4 rings (SSSR count). The Labute approximate surface area is 199 Å². The van der Waals surface area contributed by atoms with Gasteiger partial charge in [-0.3, -0.25) is 0 Å². The van der Waals surface area contributed by atoms with E-state index in [9.17, 15) is 0 Å². The molecule has 0 fully saturated rings. The van der Waals surface area contributed by atoms with E-state index >= 15 is 0 Å². The van der Waals surface area contributed by atoms with E-state index in [2.05, 4.69) is 86.1 Å². The topological polar surface area (TPSA) is 31.4 Å². The second-order valence-electron chi connectivity index (χ2n) is 7.91. The molecular weight excluding hydrogens is 533 g/mol. The molecule has 0 radical (unpaired) electrons. The number of fused-ring (bicyclic) bond motifs is 3. The zero-order valence-electron chi connectivity index (χ0n) is 18.3. The number of hydrogen-bond acceptors (Lipinski definition) is 1. The Morgan fingerprint density at radius 1 is 0.833 bits per heavy atom. The summed E-state index contributed by atoms with van der Waals surface area (Å²) in [6, 6.07) is 26.8. The third-order valence-electron chi connectivity index (χ3n) is 4.36. The number of para-hydroxylation sites is 2. The number of hydrogen-bond donors (Lipinski definition) is 0. The van der Waals surface area contributed by atoms with E-state index in [0.717, 1.165) is 29.1 Å². The van der Waals surface area contributed by atoms with Crippen LogP contribution in [0.25, 0.3) is 27.1 Å². The van der Waals surface area contributed by atoms with Crippen LogP contribution in [0.4, 0.5) is 0 Å². The fraction of sp³-hybridized carbons (Fsp3) is 0.231. The molecule has 0 unspecified atom stereocenters. The van der Waals surface area contributed by atoms with E-state index < -0.39 is 0 Å². The summed E-state index contributed by atoms with van der Waals surface area (Å²) >= 11 is 0. The van der Waals surface area contributed by atoms with Crippen molar-refractivity contribution in [1.29, 1.82) is 0 Å². The molecule has 3 nitrogen and oxygen atoms in total. The van der Waals surface area contributed by atoms with Gasteiger partial charge in [0, 0.05) is 31.8 Å². The summed E-state index contributed by atoms with van der Waals surface area (Å²) in [4.78, 5) is 4.85. The molecule has 0 saturated heterocycles. The van der Waals surface area contributed by atoms with Gasteiger partial charge >= 0.3 is 0 Å². The smallest absolute Gasteiger partial charge is 0.0183 e. The van der Waals surface area contributed by atoms with Crippen LogP contribution in [-0.4, -0.2) is 22.6 Å². The first-order chi connectivity index (χ1) is 13.9. The van der Waals surface area contributed by atoms with Gasteiger partial charge in [0.2, 0.25) is 0 Å². The number of benzene rings is 3. The SMILES string of the molecule is CC[N-]C(=NC(C)(C)C)n1c2ccccc2c2ccccc21.[CH2-]c1ccccc1.[Hf]. The van der Waals surface area contributed by atoms with E-state index in [-0.39, 0.29) is 31.4 Å². The summed E-state index contributed by atoms with van der Waals surface area (Å²) < 4.78 is 2.18. The van der Waals surface area contributed by atoms with Crippen molar-refractivity contribution in [2.75, 3.05) is 6.54 Å². The zero-order chi connectivity index (χ0) is 20.9. The first kappa shape index (κ1) is 23.9. The minimum Gasteiger partial charge on any atom is -0.394 e. The van der Waals surface area contributed by atoms with Crippen molar-refractivity contribution < 1.29 is 25.8 Å². The van der Waals surface area contributed by atoms with Gasteiger partial charge in [0.05, 0.1) is 0 Å². The van der Waals surface area contributed by atoms with E-state index in [1.165, 1.54) is 10.8 Å². The van der Waals surface area contributed by atoms with Gasteiger partial charge in [-0.2, -0.15) is 24.6 Å². The normalized spacial score (nSPS) is 11.5. The van der Waals surface area contributed by atoms with Crippen LogP contribution in [0.15, 0.2) is 83.9 Å². The van der Waals surface area contributed by atoms with Crippen molar-refractivity contribution in [3.8, 4) is 0 Å². The largest absolute Gasteiger partial charge is 0.394 e. The van der Waals surface area contributed by atoms with Crippen LogP contribution < -0.4 is 0 Å². The molecule has 1 heterocycles. The average molecular weight is 562 g/mol. The van der Waals surface area contributed by atoms with E-state index in [1.807, 2.05) is 37.3 Å². The quantitative estimate of drug-likeness (QED) is 0.103. The Bertz CT molecular complexity index is 1050. The molecule has 0 aliphatic rings. The predicted molar refractivity (Wildman–Crippen MR) is 127 cm³/mol. The van der Waals surface area contributed by atoms with Crippen molar-refractivity contribution in [1.82, 2.24) is 4.57 Å². The molecule has 0 bridgehead atoms. The van der Waals surface area contributed by atoms with Gasteiger partial charge in [-0.15, -0.1) is 12.1 Å². The Balaban J connectivity index is 0.000000341. The Morgan fingerprint density at radius 2 is 1.30 bits per heavy atom. The molecule has 4 aromatic rings. The molecule has 4 heteroatoms. The van der Waals surface area contributed by atoms with Gasteiger partial charge in [-0.25, -0.2) is 0 Å². The maximum atomic E-state index is 4.85. The summed E-state index contributed by atoms with van der Waals surface area (Å²) in [5.41, 5.74) is 3.22. The summed E-state index contributed by atoms with van der Waals surface area (Å²) in [5, 5.41) is 7.15. The summed E-state index contributed by atoms with van der Waals surface area (Å²) in [6.45, 7) is 12.8. The third kappa shape index (κ3) is 5.85. The van der Waals surface area contributed by atoms with Crippen LogP contribution in [-0.2, 0) is 25.8 Å². The molecule has 0 amide bonds. The van der Waals surface area contributed by atoms with Crippen LogP contribution in [0.2, 0.25) is 0 Å². The molecule has 0 N–H and O–H groups in total. The molecule has 30 heavy (non-hydrogen) atoms. The number of aromatic nitrogens is 1. The Morgan fingerprint density at radius 3 is 1.70 bits per heavy atom. The van der Waals surface area contributed by atoms with E-state index in [4.69, 9.17) is 4.99 Å². The fourth-order valence-electron chi connectivity index (χ4n) is 3.21. The third-order valence-corrected chi connectivity index (χ3v) is 4.36. The average Bonchev–Trinajstić information content (AvgIpc) is 3.02. The zero-order valence-corrected chi connectivity index (χ0v) is 21.9. The Hall–Kier alpha value is -2.33. The van der Waals surface area contributed by atoms with Gasteiger partial charge < -0.3 is 14.9 Å². The first-order valence-corrected chi connectivity index (χ1v) is 10.0. The molecule has 0 aliphatic carbocycles. The molecule has 3 aromatic carbocycles. The van der Waals surface area contributed by atoms with Crippen molar-refractivity contribution >= 4 is 27.8 Å². The molecule has 0 aliphatic heterocycles. The maximum absolute atomic E-state index is 4.85. The maximum Gasteiger partial charge on any atom is 0.0183 e. The second-order valence-corrected chi connectivity index (χ2v) is 7.91. The van der Waals surface area contributed by atoms with Gasteiger partial charge in [-0.1, -0.05) is 82.3 Å². The van der Waals surface area contributed by atoms with E-state index in [0.29, 0.717) is 0 Å².